The number of carbonyl (C=O) groups excluding carboxylic acids is 1. The molecule has 0 N–H and O–H groups in total. The highest BCUT2D eigenvalue weighted by molar-refractivity contribution is 7.09. The predicted octanol–water partition coefficient (Wildman–Crippen LogP) is 5.08. The van der Waals surface area contributed by atoms with Crippen molar-refractivity contribution in [2.75, 3.05) is 24.7 Å². The van der Waals surface area contributed by atoms with E-state index in [0.717, 1.165) is 38.5 Å². The van der Waals surface area contributed by atoms with Crippen molar-refractivity contribution in [3.63, 3.8) is 0 Å². The maximum atomic E-state index is 12.6. The Morgan fingerprint density at radius 1 is 1.13 bits per heavy atom. The van der Waals surface area contributed by atoms with Crippen LogP contribution in [0.3, 0.4) is 0 Å². The van der Waals surface area contributed by atoms with Crippen LogP contribution in [0.25, 0.3) is 22.0 Å². The lowest BCUT2D eigenvalue weighted by Crippen LogP contribution is -2.41. The zero-order valence-corrected chi connectivity index (χ0v) is 17.3. The number of amides is 1. The van der Waals surface area contributed by atoms with Gasteiger partial charge in [-0.1, -0.05) is 36.4 Å². The molecular weight excluding hydrogens is 396 g/mol. The number of nitrogens with zero attached hydrogens (tertiary/aromatic N) is 2. The Labute approximate surface area is 178 Å². The zero-order valence-electron chi connectivity index (χ0n) is 16.5. The number of hydrogen-bond acceptors (Lipinski definition) is 5. The second kappa shape index (κ2) is 7.80. The molecular formula is C24H20N2O3S. The van der Waals surface area contributed by atoms with Gasteiger partial charge in [0, 0.05) is 16.3 Å². The van der Waals surface area contributed by atoms with Crippen molar-refractivity contribution in [2.24, 2.45) is 0 Å². The molecule has 0 atom stereocenters. The van der Waals surface area contributed by atoms with Gasteiger partial charge in [-0.2, -0.15) is 0 Å². The molecule has 0 aliphatic carbocycles. The normalized spacial score (nSPS) is 13.2. The summed E-state index contributed by atoms with van der Waals surface area (Å²) in [6.45, 7) is 2.85. The highest BCUT2D eigenvalue weighted by atomic mass is 32.1. The summed E-state index contributed by atoms with van der Waals surface area (Å²) in [5.41, 5.74) is 2.64. The van der Waals surface area contributed by atoms with Gasteiger partial charge >= 0.3 is 0 Å². The molecule has 2 heterocycles. The predicted molar refractivity (Wildman–Crippen MR) is 120 cm³/mol. The molecule has 3 aromatic carbocycles. The van der Waals surface area contributed by atoms with Gasteiger partial charge in [0.15, 0.2) is 6.61 Å². The molecule has 0 bridgehead atoms. The first-order chi connectivity index (χ1) is 14.7. The van der Waals surface area contributed by atoms with Crippen molar-refractivity contribution < 1.29 is 14.3 Å². The molecule has 1 aliphatic rings. The minimum atomic E-state index is -0.0735. The van der Waals surface area contributed by atoms with Crippen molar-refractivity contribution in [2.45, 2.75) is 6.92 Å². The molecule has 5 nitrogen and oxygen atoms in total. The fourth-order valence-corrected chi connectivity index (χ4v) is 4.29. The number of carbonyl (C=O) groups is 1. The summed E-state index contributed by atoms with van der Waals surface area (Å²) in [5, 5.41) is 5.23. The van der Waals surface area contributed by atoms with Gasteiger partial charge < -0.3 is 14.4 Å². The summed E-state index contributed by atoms with van der Waals surface area (Å²) in [6.07, 6.45) is 0. The smallest absolute Gasteiger partial charge is 0.265 e. The van der Waals surface area contributed by atoms with Gasteiger partial charge in [0.25, 0.3) is 5.91 Å². The third kappa shape index (κ3) is 3.50. The molecule has 0 radical (unpaired) electrons. The number of fused-ring (bicyclic) bond motifs is 2. The third-order valence-corrected chi connectivity index (χ3v) is 5.91. The van der Waals surface area contributed by atoms with Gasteiger partial charge in [-0.15, -0.1) is 11.3 Å². The standard InChI is InChI=1S/C24H20N2O3S/c1-16-25-20(15-30-16)18-9-10-23-21(13-18)26(24(27)14-29-23)11-12-28-22-8-4-6-17-5-2-3-7-19(17)22/h2-10,13,15H,11-12,14H2,1H3. The minimum absolute atomic E-state index is 0.0381. The Bertz CT molecular complexity index is 1230. The van der Waals surface area contributed by atoms with Crippen LogP contribution in [0.1, 0.15) is 5.01 Å². The maximum absolute atomic E-state index is 12.6. The maximum Gasteiger partial charge on any atom is 0.265 e. The second-order valence-electron chi connectivity index (χ2n) is 7.09. The zero-order chi connectivity index (χ0) is 20.5. The number of aryl methyl sites for hydroxylation is 1. The monoisotopic (exact) mass is 416 g/mol. The Morgan fingerprint density at radius 2 is 2.00 bits per heavy atom. The largest absolute Gasteiger partial charge is 0.491 e. The molecule has 1 aliphatic heterocycles. The average molecular weight is 417 g/mol. The fourth-order valence-electron chi connectivity index (χ4n) is 3.67. The summed E-state index contributed by atoms with van der Waals surface area (Å²) in [6, 6.07) is 20.0. The van der Waals surface area contributed by atoms with Crippen LogP contribution < -0.4 is 14.4 Å². The summed E-state index contributed by atoms with van der Waals surface area (Å²) < 4.78 is 11.7. The van der Waals surface area contributed by atoms with Gasteiger partial charge in [-0.3, -0.25) is 4.79 Å². The summed E-state index contributed by atoms with van der Waals surface area (Å²) in [7, 11) is 0. The Balaban J connectivity index is 1.38. The van der Waals surface area contributed by atoms with E-state index in [4.69, 9.17) is 9.47 Å². The van der Waals surface area contributed by atoms with Crippen LogP contribution in [0.2, 0.25) is 0 Å². The van der Waals surface area contributed by atoms with Gasteiger partial charge in [-0.05, 0) is 36.6 Å². The highest BCUT2D eigenvalue weighted by Crippen LogP contribution is 2.36. The first kappa shape index (κ1) is 18.6. The Morgan fingerprint density at radius 3 is 2.87 bits per heavy atom. The van der Waals surface area contributed by atoms with Gasteiger partial charge in [0.05, 0.1) is 22.9 Å². The SMILES string of the molecule is Cc1nc(-c2ccc3c(c2)N(CCOc2cccc4ccccc24)C(=O)CO3)cs1. The van der Waals surface area contributed by atoms with E-state index in [9.17, 15) is 4.79 Å². The first-order valence-electron chi connectivity index (χ1n) is 9.79. The fraction of sp³-hybridized carbons (Fsp3) is 0.167. The van der Waals surface area contributed by atoms with Crippen LogP contribution in [-0.4, -0.2) is 30.6 Å². The van der Waals surface area contributed by atoms with E-state index in [1.54, 1.807) is 16.2 Å². The topological polar surface area (TPSA) is 51.7 Å². The summed E-state index contributed by atoms with van der Waals surface area (Å²) in [5.74, 6) is 1.45. The van der Waals surface area contributed by atoms with Crippen molar-refractivity contribution in [3.8, 4) is 22.8 Å². The first-order valence-corrected chi connectivity index (χ1v) is 10.7. The van der Waals surface area contributed by atoms with Crippen LogP contribution in [0.15, 0.2) is 66.0 Å². The molecule has 0 spiro atoms. The Kier molecular flexibility index (Phi) is 4.85. The molecule has 150 valence electrons. The van der Waals surface area contributed by atoms with Crippen LogP contribution in [0.5, 0.6) is 11.5 Å². The van der Waals surface area contributed by atoms with E-state index in [1.165, 1.54) is 0 Å². The number of benzene rings is 3. The molecule has 5 rings (SSSR count). The van der Waals surface area contributed by atoms with Crippen molar-refractivity contribution in [1.29, 1.82) is 0 Å². The summed E-state index contributed by atoms with van der Waals surface area (Å²) >= 11 is 1.61. The van der Waals surface area contributed by atoms with E-state index in [0.29, 0.717) is 18.9 Å². The quantitative estimate of drug-likeness (QED) is 0.455. The van der Waals surface area contributed by atoms with Gasteiger partial charge in [0.1, 0.15) is 18.1 Å². The van der Waals surface area contributed by atoms with Crippen LogP contribution >= 0.6 is 11.3 Å². The Hall–Kier alpha value is -3.38. The van der Waals surface area contributed by atoms with Gasteiger partial charge in [0.2, 0.25) is 0 Å². The molecule has 0 saturated carbocycles. The molecule has 0 fully saturated rings. The second-order valence-corrected chi connectivity index (χ2v) is 8.16. The number of hydrogen-bond donors (Lipinski definition) is 0. The molecule has 30 heavy (non-hydrogen) atoms. The van der Waals surface area contributed by atoms with E-state index in [-0.39, 0.29) is 12.5 Å². The lowest BCUT2D eigenvalue weighted by Gasteiger charge is -2.29. The lowest BCUT2D eigenvalue weighted by molar-refractivity contribution is -0.121. The van der Waals surface area contributed by atoms with Crippen LogP contribution in [0.4, 0.5) is 5.69 Å². The average Bonchev–Trinajstić information content (AvgIpc) is 3.21. The number of rotatable bonds is 5. The molecule has 0 unspecified atom stereocenters. The van der Waals surface area contributed by atoms with E-state index < -0.39 is 0 Å². The van der Waals surface area contributed by atoms with Crippen molar-refractivity contribution >= 4 is 33.7 Å². The van der Waals surface area contributed by atoms with Crippen molar-refractivity contribution in [3.05, 3.63) is 71.1 Å². The number of anilines is 1. The number of thiazole rings is 1. The third-order valence-electron chi connectivity index (χ3n) is 5.14. The van der Waals surface area contributed by atoms with Crippen LogP contribution in [-0.2, 0) is 4.79 Å². The minimum Gasteiger partial charge on any atom is -0.491 e. The van der Waals surface area contributed by atoms with Crippen molar-refractivity contribution in [1.82, 2.24) is 4.98 Å². The van der Waals surface area contributed by atoms with E-state index in [1.807, 2.05) is 60.8 Å². The van der Waals surface area contributed by atoms with Gasteiger partial charge in [-0.25, -0.2) is 4.98 Å². The lowest BCUT2D eigenvalue weighted by atomic mass is 10.1. The summed E-state index contributed by atoms with van der Waals surface area (Å²) in [4.78, 5) is 18.9. The molecule has 4 aromatic rings. The molecule has 0 saturated heterocycles. The van der Waals surface area contributed by atoms with E-state index >= 15 is 0 Å². The molecule has 1 amide bonds. The molecule has 1 aromatic heterocycles. The number of aromatic nitrogens is 1. The highest BCUT2D eigenvalue weighted by Gasteiger charge is 2.26. The van der Waals surface area contributed by atoms with E-state index in [2.05, 4.69) is 17.1 Å². The van der Waals surface area contributed by atoms with Crippen LogP contribution in [0, 0.1) is 6.92 Å². The molecule has 6 heteroatoms. The number of ether oxygens (including phenoxy) is 2.